The molecule has 1 heterocycles. The number of aromatic carboxylic acids is 1. The largest absolute Gasteiger partial charge is 0.477 e. The lowest BCUT2D eigenvalue weighted by Gasteiger charge is -1.82. The van der Waals surface area contributed by atoms with Gasteiger partial charge >= 0.3 is 5.97 Å². The van der Waals surface area contributed by atoms with Crippen LogP contribution in [0.15, 0.2) is 31.4 Å². The van der Waals surface area contributed by atoms with Crippen molar-refractivity contribution in [1.82, 2.24) is 4.98 Å². The van der Waals surface area contributed by atoms with E-state index in [0.717, 1.165) is 10.6 Å². The molecule has 0 aliphatic heterocycles. The van der Waals surface area contributed by atoms with Crippen molar-refractivity contribution in [3.63, 3.8) is 0 Å². The maximum absolute atomic E-state index is 10.7. The van der Waals surface area contributed by atoms with Crippen LogP contribution in [0.1, 0.15) is 10.5 Å². The van der Waals surface area contributed by atoms with E-state index in [2.05, 4.69) is 18.1 Å². The highest BCUT2D eigenvalue weighted by Crippen LogP contribution is 1.85. The van der Waals surface area contributed by atoms with Gasteiger partial charge in [-0.3, -0.25) is 0 Å². The van der Waals surface area contributed by atoms with Crippen LogP contribution in [0.5, 0.6) is 0 Å². The van der Waals surface area contributed by atoms with E-state index in [9.17, 15) is 4.79 Å². The van der Waals surface area contributed by atoms with Crippen molar-refractivity contribution in [1.29, 1.82) is 0 Å². The molecule has 3 nitrogen and oxygen atoms in total. The lowest BCUT2D eigenvalue weighted by atomic mass is 10.3. The summed E-state index contributed by atoms with van der Waals surface area (Å²) in [6.07, 6.45) is 6.65. The lowest BCUT2D eigenvalue weighted by molar-refractivity contribution is 0.0691. The highest BCUT2D eigenvalue weighted by atomic mass is 16.4. The summed E-state index contributed by atoms with van der Waals surface area (Å²) in [5, 5.41) is 10.3. The Balaban J connectivity index is 3.49. The molecule has 0 unspecified atom stereocenters. The van der Waals surface area contributed by atoms with Gasteiger partial charge in [-0.1, -0.05) is 31.4 Å². The summed E-state index contributed by atoms with van der Waals surface area (Å²) in [6.45, 7) is 7.10. The number of H-pyrrole nitrogens is 1. The van der Waals surface area contributed by atoms with Gasteiger partial charge in [0, 0.05) is 10.6 Å². The number of hydrogen-bond donors (Lipinski definition) is 2. The second kappa shape index (κ2) is 4.28. The molecule has 0 fully saturated rings. The van der Waals surface area contributed by atoms with Crippen LogP contribution in [0.3, 0.4) is 0 Å². The first kappa shape index (κ1) is 10.1. The van der Waals surface area contributed by atoms with Crippen molar-refractivity contribution < 1.29 is 9.90 Å². The molecule has 0 bridgehead atoms. The third kappa shape index (κ3) is 2.01. The number of carboxylic acid groups (broad SMARTS) is 1. The number of carbonyl (C=O) groups is 1. The molecular weight excluding hydrogens is 178 g/mol. The summed E-state index contributed by atoms with van der Waals surface area (Å²) in [4.78, 5) is 13.4. The predicted molar refractivity (Wildman–Crippen MR) is 56.3 cm³/mol. The Morgan fingerprint density at radius 3 is 2.50 bits per heavy atom. The van der Waals surface area contributed by atoms with E-state index in [1.165, 1.54) is 0 Å². The Bertz CT molecular complexity index is 442. The Morgan fingerprint density at radius 1 is 1.36 bits per heavy atom. The predicted octanol–water partition coefficient (Wildman–Crippen LogP) is 0.646. The summed E-state index contributed by atoms with van der Waals surface area (Å²) in [7, 11) is 0. The van der Waals surface area contributed by atoms with E-state index in [-0.39, 0.29) is 5.69 Å². The molecule has 14 heavy (non-hydrogen) atoms. The highest BCUT2D eigenvalue weighted by molar-refractivity contribution is 5.85. The molecule has 0 amide bonds. The molecule has 0 aromatic carbocycles. The Morgan fingerprint density at radius 2 is 2.00 bits per heavy atom. The first-order valence-electron chi connectivity index (χ1n) is 4.07. The lowest BCUT2D eigenvalue weighted by Crippen LogP contribution is -2.21. The molecule has 0 radical (unpaired) electrons. The van der Waals surface area contributed by atoms with Crippen LogP contribution >= 0.6 is 0 Å². The van der Waals surface area contributed by atoms with Gasteiger partial charge in [0.25, 0.3) is 0 Å². The topological polar surface area (TPSA) is 53.1 Å². The summed E-state index contributed by atoms with van der Waals surface area (Å²) >= 11 is 0. The average molecular weight is 189 g/mol. The fraction of sp³-hybridized carbons (Fsp3) is 0. The summed E-state index contributed by atoms with van der Waals surface area (Å²) in [5.41, 5.74) is 0.159. The van der Waals surface area contributed by atoms with Crippen molar-refractivity contribution in [2.45, 2.75) is 0 Å². The van der Waals surface area contributed by atoms with E-state index < -0.39 is 5.97 Å². The third-order valence-electron chi connectivity index (χ3n) is 1.69. The van der Waals surface area contributed by atoms with Gasteiger partial charge in [-0.15, -0.1) is 0 Å². The molecular formula is C11H11NO2. The minimum atomic E-state index is -0.979. The SMILES string of the molecule is C=C/C=c1/cc(C(=O)O)[nH]/c1=C/C=C. The Hall–Kier alpha value is -2.03. The Kier molecular flexibility index (Phi) is 3.07. The minimum Gasteiger partial charge on any atom is -0.477 e. The summed E-state index contributed by atoms with van der Waals surface area (Å²) < 4.78 is 0. The summed E-state index contributed by atoms with van der Waals surface area (Å²) in [6, 6.07) is 1.55. The molecule has 0 atom stereocenters. The zero-order valence-corrected chi connectivity index (χ0v) is 7.66. The van der Waals surface area contributed by atoms with Crippen LogP contribution in [-0.4, -0.2) is 16.1 Å². The van der Waals surface area contributed by atoms with Gasteiger partial charge in [-0.2, -0.15) is 0 Å². The summed E-state index contributed by atoms with van der Waals surface area (Å²) in [5.74, 6) is -0.979. The third-order valence-corrected chi connectivity index (χ3v) is 1.69. The zero-order valence-electron chi connectivity index (χ0n) is 7.66. The number of allylic oxidation sites excluding steroid dienone is 2. The molecule has 1 aromatic rings. The quantitative estimate of drug-likeness (QED) is 0.733. The second-order valence-electron chi connectivity index (χ2n) is 2.66. The second-order valence-corrected chi connectivity index (χ2v) is 2.66. The molecule has 1 aromatic heterocycles. The fourth-order valence-corrected chi connectivity index (χ4v) is 1.12. The number of hydrogen-bond acceptors (Lipinski definition) is 1. The first-order valence-corrected chi connectivity index (χ1v) is 4.07. The van der Waals surface area contributed by atoms with Crippen molar-refractivity contribution in [3.05, 3.63) is 47.6 Å². The van der Waals surface area contributed by atoms with Crippen molar-refractivity contribution in [2.75, 3.05) is 0 Å². The molecule has 1 rings (SSSR count). The highest BCUT2D eigenvalue weighted by Gasteiger charge is 2.03. The van der Waals surface area contributed by atoms with E-state index in [4.69, 9.17) is 5.11 Å². The minimum absolute atomic E-state index is 0.159. The van der Waals surface area contributed by atoms with Gasteiger partial charge in [0.15, 0.2) is 0 Å². The van der Waals surface area contributed by atoms with Crippen LogP contribution in [0.2, 0.25) is 0 Å². The maximum Gasteiger partial charge on any atom is 0.352 e. The maximum atomic E-state index is 10.7. The van der Waals surface area contributed by atoms with E-state index >= 15 is 0 Å². The van der Waals surface area contributed by atoms with Crippen LogP contribution in [0.4, 0.5) is 0 Å². The standard InChI is InChI=1S/C11H11NO2/c1-3-5-8-7-10(11(13)14)12-9(8)6-4-2/h3-7,12H,1-2H2,(H,13,14)/b8-5-,9-6+. The van der Waals surface area contributed by atoms with Crippen LogP contribution < -0.4 is 10.6 Å². The van der Waals surface area contributed by atoms with Gasteiger partial charge in [-0.25, -0.2) is 4.79 Å². The molecule has 2 N–H and O–H groups in total. The number of carboxylic acids is 1. The number of rotatable bonds is 3. The molecule has 0 saturated carbocycles. The first-order chi connectivity index (χ1) is 6.69. The fourth-order valence-electron chi connectivity index (χ4n) is 1.12. The van der Waals surface area contributed by atoms with Crippen LogP contribution in [0.25, 0.3) is 12.2 Å². The normalized spacial score (nSPS) is 12.9. The van der Waals surface area contributed by atoms with Gasteiger partial charge in [0.2, 0.25) is 0 Å². The van der Waals surface area contributed by atoms with Crippen LogP contribution in [-0.2, 0) is 0 Å². The van der Waals surface area contributed by atoms with E-state index in [1.54, 1.807) is 30.4 Å². The van der Waals surface area contributed by atoms with Gasteiger partial charge in [0.05, 0.1) is 0 Å². The molecule has 72 valence electrons. The monoisotopic (exact) mass is 189 g/mol. The average Bonchev–Trinajstić information content (AvgIpc) is 2.50. The molecule has 0 aliphatic rings. The smallest absolute Gasteiger partial charge is 0.352 e. The van der Waals surface area contributed by atoms with E-state index in [0.29, 0.717) is 0 Å². The molecule has 0 saturated heterocycles. The van der Waals surface area contributed by atoms with Crippen molar-refractivity contribution >= 4 is 18.1 Å². The van der Waals surface area contributed by atoms with Crippen molar-refractivity contribution in [2.24, 2.45) is 0 Å². The van der Waals surface area contributed by atoms with Gasteiger partial charge < -0.3 is 10.1 Å². The van der Waals surface area contributed by atoms with Crippen molar-refractivity contribution in [3.8, 4) is 0 Å². The molecule has 0 aliphatic carbocycles. The number of aromatic nitrogens is 1. The number of aromatic amines is 1. The Labute approximate surface area is 81.4 Å². The molecule has 0 spiro atoms. The number of nitrogens with one attached hydrogen (secondary N) is 1. The zero-order chi connectivity index (χ0) is 10.6. The van der Waals surface area contributed by atoms with Gasteiger partial charge in [-0.05, 0) is 12.1 Å². The van der Waals surface area contributed by atoms with E-state index in [1.807, 2.05) is 0 Å². The molecule has 3 heteroatoms. The van der Waals surface area contributed by atoms with Gasteiger partial charge in [0.1, 0.15) is 5.69 Å². The van der Waals surface area contributed by atoms with Crippen LogP contribution in [0, 0.1) is 0 Å².